The Kier molecular flexibility index (Phi) is 4.35. The lowest BCUT2D eigenvalue weighted by Gasteiger charge is -2.26. The molecular formula is C13H19N3OS2. The lowest BCUT2D eigenvalue weighted by molar-refractivity contribution is 0.532. The summed E-state index contributed by atoms with van der Waals surface area (Å²) >= 11 is 0.605. The van der Waals surface area contributed by atoms with Gasteiger partial charge in [-0.25, -0.2) is 4.98 Å². The van der Waals surface area contributed by atoms with Gasteiger partial charge in [0.1, 0.15) is 4.75 Å². The molecule has 2 atom stereocenters. The maximum absolute atomic E-state index is 12.1. The van der Waals surface area contributed by atoms with Crippen molar-refractivity contribution >= 4 is 22.7 Å². The first-order valence-electron chi connectivity index (χ1n) is 6.13. The number of aromatic nitrogens is 2. The van der Waals surface area contributed by atoms with Gasteiger partial charge in [0.25, 0.3) is 0 Å². The molecule has 2 N–H and O–H groups in total. The summed E-state index contributed by atoms with van der Waals surface area (Å²) in [7, 11) is 0. The molecule has 0 radical (unpaired) electrons. The Bertz CT molecular complexity index is 516. The van der Waals surface area contributed by atoms with Crippen molar-refractivity contribution in [1.29, 1.82) is 0 Å². The van der Waals surface area contributed by atoms with Gasteiger partial charge in [-0.2, -0.15) is 0 Å². The van der Waals surface area contributed by atoms with E-state index >= 15 is 0 Å². The van der Waals surface area contributed by atoms with E-state index in [0.29, 0.717) is 0 Å². The average molecular weight is 297 g/mol. The van der Waals surface area contributed by atoms with Crippen molar-refractivity contribution in [3.63, 3.8) is 0 Å². The van der Waals surface area contributed by atoms with Crippen LogP contribution in [0.2, 0.25) is 0 Å². The topological polar surface area (TPSA) is 63.8 Å². The third kappa shape index (κ3) is 3.60. The minimum absolute atomic E-state index is 0.0710. The Morgan fingerprint density at radius 1 is 1.47 bits per heavy atom. The zero-order valence-electron chi connectivity index (χ0n) is 11.6. The standard InChI is InChI=1S/C13H19N3OS2/c1-9(16-19(17)13(2,3)4)12-5-10(7-18-12)11-6-14-8-15-11/h5-9,16H,1-4H3,(H,14,15). The molecule has 2 aromatic heterocycles. The molecule has 0 spiro atoms. The van der Waals surface area contributed by atoms with E-state index in [1.54, 1.807) is 23.9 Å². The number of nitrogens with zero attached hydrogens (tertiary/aromatic N) is 1. The fourth-order valence-electron chi connectivity index (χ4n) is 1.53. The molecule has 0 aliphatic heterocycles. The molecular weight excluding hydrogens is 278 g/mol. The molecule has 2 heterocycles. The first kappa shape index (κ1) is 14.6. The lowest BCUT2D eigenvalue weighted by Crippen LogP contribution is -2.40. The highest BCUT2D eigenvalue weighted by molar-refractivity contribution is 7.90. The number of H-pyrrole nitrogens is 1. The highest BCUT2D eigenvalue weighted by Gasteiger charge is 2.28. The molecule has 6 heteroatoms. The number of nitrogens with one attached hydrogen (secondary N) is 2. The van der Waals surface area contributed by atoms with Gasteiger partial charge in [-0.15, -0.1) is 16.1 Å². The highest BCUT2D eigenvalue weighted by atomic mass is 32.2. The van der Waals surface area contributed by atoms with Crippen molar-refractivity contribution in [1.82, 2.24) is 14.7 Å². The summed E-state index contributed by atoms with van der Waals surface area (Å²) in [5, 5.41) is 2.08. The van der Waals surface area contributed by atoms with Crippen molar-refractivity contribution in [2.45, 2.75) is 38.5 Å². The number of thiophene rings is 1. The minimum Gasteiger partial charge on any atom is -0.598 e. The molecule has 0 fully saturated rings. The van der Waals surface area contributed by atoms with Crippen molar-refractivity contribution in [3.05, 3.63) is 28.8 Å². The molecule has 2 unspecified atom stereocenters. The Morgan fingerprint density at radius 2 is 2.21 bits per heavy atom. The number of imidazole rings is 1. The van der Waals surface area contributed by atoms with Crippen LogP contribution in [0, 0.1) is 0 Å². The largest absolute Gasteiger partial charge is 0.598 e. The Labute approximate surface area is 121 Å². The smallest absolute Gasteiger partial charge is 0.136 e. The molecule has 0 aliphatic rings. The summed E-state index contributed by atoms with van der Waals surface area (Å²) in [6.45, 7) is 7.93. The number of aromatic amines is 1. The van der Waals surface area contributed by atoms with Gasteiger partial charge in [0.2, 0.25) is 0 Å². The Balaban J connectivity index is 2.06. The monoisotopic (exact) mass is 297 g/mol. The summed E-state index contributed by atoms with van der Waals surface area (Å²) in [5.41, 5.74) is 2.12. The van der Waals surface area contributed by atoms with Crippen LogP contribution in [0.4, 0.5) is 0 Å². The highest BCUT2D eigenvalue weighted by Crippen LogP contribution is 2.29. The zero-order valence-corrected chi connectivity index (χ0v) is 13.2. The average Bonchev–Trinajstić information content (AvgIpc) is 2.98. The molecule has 0 aliphatic carbocycles. The van der Waals surface area contributed by atoms with Gasteiger partial charge in [0, 0.05) is 27.2 Å². The normalized spacial score (nSPS) is 15.4. The number of hydrogen-bond donors (Lipinski definition) is 2. The number of hydrogen-bond acceptors (Lipinski definition) is 4. The van der Waals surface area contributed by atoms with Crippen LogP contribution in [-0.4, -0.2) is 19.3 Å². The van der Waals surface area contributed by atoms with E-state index in [9.17, 15) is 4.55 Å². The van der Waals surface area contributed by atoms with E-state index < -0.39 is 11.4 Å². The molecule has 0 aromatic carbocycles. The molecule has 0 saturated carbocycles. The Hall–Kier alpha value is -0.820. The second-order valence-electron chi connectivity index (χ2n) is 5.42. The van der Waals surface area contributed by atoms with E-state index in [-0.39, 0.29) is 10.8 Å². The second kappa shape index (κ2) is 5.66. The first-order chi connectivity index (χ1) is 8.88. The van der Waals surface area contributed by atoms with Gasteiger partial charge in [0.05, 0.1) is 24.3 Å². The third-order valence-corrected chi connectivity index (χ3v) is 5.49. The van der Waals surface area contributed by atoms with Crippen LogP contribution in [0.1, 0.15) is 38.6 Å². The molecule has 4 nitrogen and oxygen atoms in total. The minimum atomic E-state index is -1.06. The lowest BCUT2D eigenvalue weighted by atomic mass is 10.2. The van der Waals surface area contributed by atoms with Gasteiger partial charge < -0.3 is 9.54 Å². The van der Waals surface area contributed by atoms with Crippen LogP contribution < -0.4 is 4.72 Å². The molecule has 0 bridgehead atoms. The predicted octanol–water partition coefficient (Wildman–Crippen LogP) is 3.25. The summed E-state index contributed by atoms with van der Waals surface area (Å²) in [4.78, 5) is 8.27. The predicted molar refractivity (Wildman–Crippen MR) is 81.3 cm³/mol. The van der Waals surface area contributed by atoms with E-state index in [0.717, 1.165) is 11.3 Å². The summed E-state index contributed by atoms with van der Waals surface area (Å²) < 4.78 is 15.0. The van der Waals surface area contributed by atoms with Gasteiger partial charge >= 0.3 is 0 Å². The van der Waals surface area contributed by atoms with Crippen LogP contribution in [0.15, 0.2) is 24.0 Å². The third-order valence-electron chi connectivity index (χ3n) is 2.70. The SMILES string of the molecule is CC(N[S+]([O-])C(C)(C)C)c1cc(-c2cnc[nH]2)cs1. The van der Waals surface area contributed by atoms with Crippen LogP contribution in [-0.2, 0) is 11.4 Å². The van der Waals surface area contributed by atoms with Crippen molar-refractivity contribution in [2.24, 2.45) is 0 Å². The molecule has 0 amide bonds. The second-order valence-corrected chi connectivity index (χ2v) is 8.36. The quantitative estimate of drug-likeness (QED) is 0.851. The molecule has 2 aromatic rings. The van der Waals surface area contributed by atoms with E-state index in [2.05, 4.69) is 26.1 Å². The van der Waals surface area contributed by atoms with Crippen molar-refractivity contribution in [2.75, 3.05) is 0 Å². The van der Waals surface area contributed by atoms with Gasteiger partial charge in [-0.3, -0.25) is 0 Å². The van der Waals surface area contributed by atoms with Gasteiger partial charge in [-0.05, 0) is 33.8 Å². The molecule has 2 rings (SSSR count). The van der Waals surface area contributed by atoms with E-state index in [1.165, 1.54) is 4.88 Å². The van der Waals surface area contributed by atoms with Crippen molar-refractivity contribution < 1.29 is 4.55 Å². The zero-order chi connectivity index (χ0) is 14.0. The van der Waals surface area contributed by atoms with Crippen LogP contribution >= 0.6 is 11.3 Å². The van der Waals surface area contributed by atoms with Crippen molar-refractivity contribution in [3.8, 4) is 11.3 Å². The fraction of sp³-hybridized carbons (Fsp3) is 0.462. The summed E-state index contributed by atoms with van der Waals surface area (Å²) in [6.07, 6.45) is 3.47. The fourth-order valence-corrected chi connectivity index (χ4v) is 3.32. The maximum Gasteiger partial charge on any atom is 0.136 e. The molecule has 0 saturated heterocycles. The van der Waals surface area contributed by atoms with Gasteiger partial charge in [-0.1, -0.05) is 0 Å². The number of rotatable bonds is 4. The van der Waals surface area contributed by atoms with Crippen LogP contribution in [0.5, 0.6) is 0 Å². The summed E-state index contributed by atoms with van der Waals surface area (Å²) in [6, 6.07) is 2.18. The summed E-state index contributed by atoms with van der Waals surface area (Å²) in [5.74, 6) is 0. The molecule has 104 valence electrons. The van der Waals surface area contributed by atoms with Crippen LogP contribution in [0.3, 0.4) is 0 Å². The van der Waals surface area contributed by atoms with Crippen LogP contribution in [0.25, 0.3) is 11.3 Å². The van der Waals surface area contributed by atoms with Gasteiger partial charge in [0.15, 0.2) is 0 Å². The van der Waals surface area contributed by atoms with E-state index in [1.807, 2.05) is 27.7 Å². The first-order valence-corrected chi connectivity index (χ1v) is 8.16. The molecule has 19 heavy (non-hydrogen) atoms. The maximum atomic E-state index is 12.1. The van der Waals surface area contributed by atoms with E-state index in [4.69, 9.17) is 0 Å². The Morgan fingerprint density at radius 3 is 2.79 bits per heavy atom.